The zero-order valence-corrected chi connectivity index (χ0v) is 36.3. The molecule has 1 unspecified atom stereocenters. The van der Waals surface area contributed by atoms with Crippen LogP contribution in [0.2, 0.25) is 0 Å². The molecular weight excluding hydrogens is 819 g/mol. The fraction of sp³-hybridized carbons (Fsp3) is 0.0164. The van der Waals surface area contributed by atoms with Crippen molar-refractivity contribution in [2.75, 3.05) is 4.90 Å². The maximum Gasteiger partial charge on any atom is 0.159 e. The predicted molar refractivity (Wildman–Crippen MR) is 276 cm³/mol. The number of hydrogen-bond donors (Lipinski definition) is 1. The summed E-state index contributed by atoms with van der Waals surface area (Å²) in [5, 5.41) is 8.58. The van der Waals surface area contributed by atoms with Gasteiger partial charge in [-0.2, -0.15) is 0 Å². The van der Waals surface area contributed by atoms with Crippen molar-refractivity contribution in [1.29, 1.82) is 0 Å². The highest BCUT2D eigenvalue weighted by Gasteiger charge is 2.27. The molecule has 13 rings (SSSR count). The maximum atomic E-state index is 6.53. The number of para-hydroxylation sites is 3. The Bertz CT molecular complexity index is 3750. The summed E-state index contributed by atoms with van der Waals surface area (Å²) >= 11 is 0. The fourth-order valence-corrected chi connectivity index (χ4v) is 9.80. The van der Waals surface area contributed by atoms with E-state index in [1.807, 2.05) is 36.4 Å². The van der Waals surface area contributed by atoms with Crippen LogP contribution >= 0.6 is 0 Å². The number of aliphatic imine (C=N–C) groups is 2. The minimum Gasteiger partial charge on any atom is -0.453 e. The predicted octanol–water partition coefficient (Wildman–Crippen LogP) is 15.3. The molecule has 0 fully saturated rings. The Balaban J connectivity index is 0.940. The van der Waals surface area contributed by atoms with Gasteiger partial charge in [0.25, 0.3) is 0 Å². The van der Waals surface area contributed by atoms with Crippen LogP contribution in [0, 0.1) is 0 Å². The number of hydrogen-bond acceptors (Lipinski definition) is 5. The van der Waals surface area contributed by atoms with Gasteiger partial charge in [0.15, 0.2) is 17.3 Å². The number of nitrogens with one attached hydrogen (secondary N) is 1. The van der Waals surface area contributed by atoms with E-state index in [9.17, 15) is 0 Å². The molecule has 3 heterocycles. The van der Waals surface area contributed by atoms with E-state index in [1.54, 1.807) is 0 Å². The molecule has 2 aliphatic heterocycles. The summed E-state index contributed by atoms with van der Waals surface area (Å²) in [6.45, 7) is 0. The van der Waals surface area contributed by atoms with Gasteiger partial charge >= 0.3 is 0 Å². The van der Waals surface area contributed by atoms with Crippen LogP contribution in [0.1, 0.15) is 22.9 Å². The largest absolute Gasteiger partial charge is 0.453 e. The smallest absolute Gasteiger partial charge is 0.159 e. The SMILES string of the molecule is c1ccc(C2=NC(c3cccc(-n4c5cc(-c6ccc7c(c6)N(c6ccccc6)c6ccccc6O7)ccc5c5c6ccccc6ccc54)c3)NC(c3ccc(-c4ccccc4)cc3)=N2)cc1. The lowest BCUT2D eigenvalue weighted by Crippen LogP contribution is -2.33. The van der Waals surface area contributed by atoms with Gasteiger partial charge in [0.1, 0.15) is 12.0 Å². The third kappa shape index (κ3) is 6.74. The summed E-state index contributed by atoms with van der Waals surface area (Å²) in [5.74, 6) is 3.12. The summed E-state index contributed by atoms with van der Waals surface area (Å²) in [7, 11) is 0. The second-order valence-corrected chi connectivity index (χ2v) is 17.0. The first-order valence-electron chi connectivity index (χ1n) is 22.7. The van der Waals surface area contributed by atoms with E-state index in [2.05, 4.69) is 215 Å². The van der Waals surface area contributed by atoms with Crippen LogP contribution in [0.5, 0.6) is 11.5 Å². The van der Waals surface area contributed by atoms with Crippen LogP contribution < -0.4 is 15.0 Å². The topological polar surface area (TPSA) is 54.1 Å². The van der Waals surface area contributed by atoms with Crippen molar-refractivity contribution in [3.05, 3.63) is 253 Å². The number of ether oxygens (including phenoxy) is 1. The van der Waals surface area contributed by atoms with Gasteiger partial charge in [0.05, 0.1) is 22.4 Å². The minimum atomic E-state index is -0.392. The zero-order valence-electron chi connectivity index (χ0n) is 36.3. The molecule has 1 aromatic heterocycles. The molecule has 6 heteroatoms. The van der Waals surface area contributed by atoms with E-state index >= 15 is 0 Å². The molecule has 0 saturated heterocycles. The second-order valence-electron chi connectivity index (χ2n) is 17.0. The number of aromatic nitrogens is 1. The molecular formula is C61H41N5O. The molecule has 0 saturated carbocycles. The van der Waals surface area contributed by atoms with Gasteiger partial charge in [0, 0.05) is 33.3 Å². The van der Waals surface area contributed by atoms with Crippen molar-refractivity contribution in [1.82, 2.24) is 9.88 Å². The molecule has 0 amide bonds. The van der Waals surface area contributed by atoms with Crippen LogP contribution in [0.3, 0.4) is 0 Å². The Hall–Kier alpha value is -9.00. The van der Waals surface area contributed by atoms with Gasteiger partial charge in [0.2, 0.25) is 0 Å². The number of nitrogens with zero attached hydrogens (tertiary/aromatic N) is 4. The molecule has 11 aromatic rings. The molecule has 0 spiro atoms. The molecule has 0 aliphatic carbocycles. The van der Waals surface area contributed by atoms with Crippen LogP contribution in [0.25, 0.3) is 60.5 Å². The summed E-state index contributed by atoms with van der Waals surface area (Å²) in [6, 6.07) is 83.5. The maximum absolute atomic E-state index is 6.53. The highest BCUT2D eigenvalue weighted by atomic mass is 16.5. The van der Waals surface area contributed by atoms with Gasteiger partial charge in [-0.15, -0.1) is 0 Å². The standard InChI is InChI=1S/C61H41N5O/c1-4-15-40(16-5-1)41-27-29-44(30-28-41)60-62-59(43-18-6-2-7-19-43)63-61(64-60)47-20-14-23-49(37-47)66-53-35-32-42-17-10-11-24-50(42)58(53)51-34-31-45(38-54(51)66)46-33-36-57-55(39-46)65(48-21-8-3-9-22-48)52-25-12-13-26-56(52)67-57/h1-39,61H,(H,62,63,64). The first-order valence-corrected chi connectivity index (χ1v) is 22.7. The Morgan fingerprint density at radius 1 is 0.418 bits per heavy atom. The van der Waals surface area contributed by atoms with Crippen molar-refractivity contribution in [2.24, 2.45) is 9.98 Å². The van der Waals surface area contributed by atoms with E-state index in [0.29, 0.717) is 5.84 Å². The lowest BCUT2D eigenvalue weighted by atomic mass is 9.99. The van der Waals surface area contributed by atoms with E-state index < -0.39 is 6.17 Å². The van der Waals surface area contributed by atoms with Gasteiger partial charge in [-0.1, -0.05) is 176 Å². The summed E-state index contributed by atoms with van der Waals surface area (Å²) in [5.41, 5.74) is 13.9. The Labute approximate surface area is 388 Å². The first kappa shape index (κ1) is 38.5. The zero-order chi connectivity index (χ0) is 44.3. The number of anilines is 3. The van der Waals surface area contributed by atoms with Crippen LogP contribution in [0.15, 0.2) is 247 Å². The van der Waals surface area contributed by atoms with E-state index in [0.717, 1.165) is 84.5 Å². The Morgan fingerprint density at radius 2 is 1.06 bits per heavy atom. The average molecular weight is 860 g/mol. The number of benzene rings is 10. The molecule has 316 valence electrons. The van der Waals surface area contributed by atoms with Crippen molar-refractivity contribution >= 4 is 61.3 Å². The Morgan fingerprint density at radius 3 is 1.90 bits per heavy atom. The van der Waals surface area contributed by atoms with Gasteiger partial charge in [-0.25, -0.2) is 9.98 Å². The first-order chi connectivity index (χ1) is 33.2. The molecule has 10 aromatic carbocycles. The van der Waals surface area contributed by atoms with E-state index in [-0.39, 0.29) is 0 Å². The average Bonchev–Trinajstić information content (AvgIpc) is 3.75. The molecule has 6 nitrogen and oxygen atoms in total. The monoisotopic (exact) mass is 859 g/mol. The van der Waals surface area contributed by atoms with Crippen molar-refractivity contribution in [2.45, 2.75) is 6.17 Å². The summed E-state index contributed by atoms with van der Waals surface area (Å²) < 4.78 is 8.94. The summed E-state index contributed by atoms with van der Waals surface area (Å²) in [6.07, 6.45) is -0.392. The van der Waals surface area contributed by atoms with Crippen molar-refractivity contribution in [3.8, 4) is 39.4 Å². The molecule has 0 bridgehead atoms. The highest BCUT2D eigenvalue weighted by Crippen LogP contribution is 2.51. The lowest BCUT2D eigenvalue weighted by Gasteiger charge is -2.33. The Kier molecular flexibility index (Phi) is 9.13. The number of amidine groups is 2. The lowest BCUT2D eigenvalue weighted by molar-refractivity contribution is 0.477. The number of rotatable bonds is 7. The molecule has 2 aliphatic rings. The van der Waals surface area contributed by atoms with Crippen molar-refractivity contribution in [3.63, 3.8) is 0 Å². The third-order valence-electron chi connectivity index (χ3n) is 13.0. The van der Waals surface area contributed by atoms with Gasteiger partial charge in [-0.05, 0) is 99.3 Å². The molecule has 67 heavy (non-hydrogen) atoms. The summed E-state index contributed by atoms with van der Waals surface area (Å²) in [4.78, 5) is 12.7. The fourth-order valence-electron chi connectivity index (χ4n) is 9.80. The van der Waals surface area contributed by atoms with Crippen molar-refractivity contribution < 1.29 is 4.74 Å². The molecule has 0 radical (unpaired) electrons. The molecule has 1 atom stereocenters. The highest BCUT2D eigenvalue weighted by molar-refractivity contribution is 6.22. The van der Waals surface area contributed by atoms with Gasteiger partial charge < -0.3 is 19.5 Å². The normalized spacial score (nSPS) is 14.2. The molecule has 1 N–H and O–H groups in total. The second kappa shape index (κ2) is 15.9. The minimum absolute atomic E-state index is 0.392. The van der Waals surface area contributed by atoms with Crippen LogP contribution in [-0.4, -0.2) is 16.2 Å². The third-order valence-corrected chi connectivity index (χ3v) is 13.0. The quantitative estimate of drug-likeness (QED) is 0.174. The van der Waals surface area contributed by atoms with E-state index in [1.165, 1.54) is 27.1 Å². The van der Waals surface area contributed by atoms with Gasteiger partial charge in [-0.3, -0.25) is 0 Å². The van der Waals surface area contributed by atoms with Crippen LogP contribution in [0.4, 0.5) is 17.1 Å². The van der Waals surface area contributed by atoms with Crippen LogP contribution in [-0.2, 0) is 0 Å². The number of fused-ring (bicyclic) bond motifs is 7. The van der Waals surface area contributed by atoms with E-state index in [4.69, 9.17) is 14.7 Å².